The topological polar surface area (TPSA) is 557 Å². The first-order valence-electron chi connectivity index (χ1n) is 33.4. The fourth-order valence-electron chi connectivity index (χ4n) is 15.2. The molecular formula is C66H90O37. The molecule has 0 aromatic carbocycles. The Morgan fingerprint density at radius 1 is 0.437 bits per heavy atom. The second kappa shape index (κ2) is 33.8. The minimum Gasteiger partial charge on any atom is -0.472 e. The summed E-state index contributed by atoms with van der Waals surface area (Å²) in [6.45, 7) is 7.78. The highest BCUT2D eigenvalue weighted by atomic mass is 16.8. The van der Waals surface area contributed by atoms with E-state index in [0.29, 0.717) is 6.29 Å². The first-order valence-corrected chi connectivity index (χ1v) is 33.4. The Bertz CT molecular complexity index is 3170. The van der Waals surface area contributed by atoms with Crippen molar-refractivity contribution < 1.29 is 181 Å². The largest absolute Gasteiger partial charge is 0.472 e. The van der Waals surface area contributed by atoms with Crippen LogP contribution in [0.25, 0.3) is 0 Å². The maximum Gasteiger partial charge on any atom is 0.338 e. The van der Waals surface area contributed by atoms with Gasteiger partial charge in [0.05, 0.1) is 93.9 Å². The normalized spacial score (nSPS) is 45.3. The molecule has 4 saturated heterocycles. The quantitative estimate of drug-likeness (QED) is 0.0140. The van der Waals surface area contributed by atoms with Crippen LogP contribution in [-0.2, 0) is 99.8 Å². The summed E-state index contributed by atoms with van der Waals surface area (Å²) < 4.78 is 93.4. The molecule has 2 saturated carbocycles. The second-order valence-corrected chi connectivity index (χ2v) is 26.8. The Morgan fingerprint density at radius 2 is 0.757 bits per heavy atom. The highest BCUT2D eigenvalue weighted by Crippen LogP contribution is 2.52. The molecule has 8 heterocycles. The fourth-order valence-corrected chi connectivity index (χ4v) is 15.2. The third kappa shape index (κ3) is 15.6. The van der Waals surface area contributed by atoms with Crippen molar-refractivity contribution in [1.82, 2.24) is 0 Å². The number of allylic oxidation sites excluding steroid dienone is 2. The highest BCUT2D eigenvalue weighted by molar-refractivity contribution is 5.93. The van der Waals surface area contributed by atoms with Crippen LogP contribution in [-0.4, -0.2) is 313 Å². The maximum absolute atomic E-state index is 15.3. The molecule has 0 radical (unpaired) electrons. The molecule has 103 heavy (non-hydrogen) atoms. The number of carbonyl (C=O) groups is 5. The number of rotatable bonds is 24. The predicted octanol–water partition coefficient (Wildman–Crippen LogP) is -6.72. The Hall–Kier alpha value is -6.03. The number of carbonyl (C=O) groups excluding carboxylic acids is 5. The number of fused-ring (bicyclic) bond motifs is 2. The summed E-state index contributed by atoms with van der Waals surface area (Å²) in [5.74, 6) is -15.1. The second-order valence-electron chi connectivity index (χ2n) is 26.8. The van der Waals surface area contributed by atoms with E-state index in [2.05, 4.69) is 13.2 Å². The molecule has 0 aromatic heterocycles. The molecule has 6 fully saturated rings. The van der Waals surface area contributed by atoms with Crippen LogP contribution >= 0.6 is 0 Å². The molecule has 10 rings (SSSR count). The van der Waals surface area contributed by atoms with Gasteiger partial charge in [-0.05, 0) is 24.8 Å². The van der Waals surface area contributed by atoms with E-state index in [-0.39, 0.29) is 35.1 Å². The van der Waals surface area contributed by atoms with Crippen LogP contribution in [0.15, 0.2) is 84.3 Å². The summed E-state index contributed by atoms with van der Waals surface area (Å²) >= 11 is 0. The van der Waals surface area contributed by atoms with Gasteiger partial charge in [0.1, 0.15) is 116 Å². The molecule has 0 bridgehead atoms. The van der Waals surface area contributed by atoms with Gasteiger partial charge in [-0.3, -0.25) is 4.79 Å². The molecule has 0 spiro atoms. The number of aldehydes is 1. The lowest BCUT2D eigenvalue weighted by Gasteiger charge is -2.43. The van der Waals surface area contributed by atoms with Crippen molar-refractivity contribution in [3.05, 3.63) is 84.3 Å². The van der Waals surface area contributed by atoms with E-state index < -0.39 is 282 Å². The van der Waals surface area contributed by atoms with Gasteiger partial charge in [-0.15, -0.1) is 13.2 Å². The zero-order valence-electron chi connectivity index (χ0n) is 56.0. The highest BCUT2D eigenvalue weighted by Gasteiger charge is 2.59. The number of hydrogen-bond donors (Lipinski definition) is 16. The standard InChI is InChI=1S/C66H90O37/c1-7-25-27(30(18-90-59(25)100-63-51(80)47(76)43(72)36(14-68)96-63)57(86)94-34-11-28-31(55(84)88-5)19-92-61(40(28)22(34)3)102-65-53(82)49(78)45(74)38(16-70)98-65)10-9-24(13-67)42-26(8-2)60(101-64-52(81)48(77)44(73)37(15-69)97-64)91-21-33(42)58(87)95-35-12-29-32(56(85)89-6)20-93-62(41(29)23(35)4)103-66-54(83)50(79)46(75)39(17-71)99-66/h7-9,13,18-23,25-29,34-54,59-66,68-83H,1-2,10-12,14-17H2,3-6H3/b24-9+. The third-order valence-electron chi connectivity index (χ3n) is 21.2. The van der Waals surface area contributed by atoms with E-state index in [1.54, 1.807) is 13.8 Å². The number of hydrogen-bond acceptors (Lipinski definition) is 37. The van der Waals surface area contributed by atoms with Crippen LogP contribution in [0, 0.1) is 59.2 Å². The number of esters is 4. The van der Waals surface area contributed by atoms with Gasteiger partial charge in [0.15, 0.2) is 25.2 Å². The van der Waals surface area contributed by atoms with Crippen molar-refractivity contribution in [2.24, 2.45) is 59.2 Å². The molecule has 37 nitrogen and oxygen atoms in total. The van der Waals surface area contributed by atoms with Gasteiger partial charge in [0, 0.05) is 53.3 Å². The minimum atomic E-state index is -2.02. The number of ether oxygens (including phenoxy) is 16. The lowest BCUT2D eigenvalue weighted by molar-refractivity contribution is -0.342. The van der Waals surface area contributed by atoms with E-state index in [9.17, 15) is 96.1 Å². The number of methoxy groups -OCH3 is 2. The van der Waals surface area contributed by atoms with E-state index in [4.69, 9.17) is 75.8 Å². The minimum absolute atomic E-state index is 0.0243. The van der Waals surface area contributed by atoms with Crippen molar-refractivity contribution in [3.63, 3.8) is 0 Å². The Morgan fingerprint density at radius 3 is 1.10 bits per heavy atom. The molecule has 8 aliphatic heterocycles. The SMILES string of the molecule is C=CC1C(OC2OC(CO)C(O)C(O)C2O)OC=C(C(=O)OC2CC3C(C(=O)OC)=COC(OC4OC(CO)C(O)C(O)C4O)C3C2C)C1C/C=C(\C=O)C1C(C(=O)OC2CC3C(C(=O)OC)=COC(OC4OC(CO)C(O)C(O)C4O)C3C2C)=COC(OC2OC(CO)C(O)C(O)C2O)C1C=C. The maximum atomic E-state index is 15.3. The van der Waals surface area contributed by atoms with E-state index in [0.717, 1.165) is 39.3 Å². The Kier molecular flexibility index (Phi) is 26.1. The zero-order chi connectivity index (χ0) is 74.9. The van der Waals surface area contributed by atoms with Crippen LogP contribution < -0.4 is 0 Å². The van der Waals surface area contributed by atoms with E-state index >= 15 is 9.59 Å². The first kappa shape index (κ1) is 79.5. The summed E-state index contributed by atoms with van der Waals surface area (Å²) in [7, 11) is 2.22. The third-order valence-corrected chi connectivity index (χ3v) is 21.2. The van der Waals surface area contributed by atoms with Gasteiger partial charge < -0.3 is 157 Å². The summed E-state index contributed by atoms with van der Waals surface area (Å²) in [6, 6.07) is 0. The lowest BCUT2D eigenvalue weighted by atomic mass is 9.76. The summed E-state index contributed by atoms with van der Waals surface area (Å²) in [5, 5.41) is 169. The summed E-state index contributed by atoms with van der Waals surface area (Å²) in [6.07, 6.45) is -37.1. The molecule has 576 valence electrons. The molecule has 2 aliphatic carbocycles. The van der Waals surface area contributed by atoms with Crippen LogP contribution in [0.2, 0.25) is 0 Å². The van der Waals surface area contributed by atoms with Crippen molar-refractivity contribution in [1.29, 1.82) is 0 Å². The van der Waals surface area contributed by atoms with Gasteiger partial charge in [-0.25, -0.2) is 19.2 Å². The molecule has 0 aromatic rings. The number of aliphatic hydroxyl groups is 16. The molecular weight excluding hydrogens is 1380 g/mol. The fraction of sp³-hybridized carbons (Fsp3) is 0.712. The lowest BCUT2D eigenvalue weighted by Crippen LogP contribution is -2.60. The van der Waals surface area contributed by atoms with Crippen molar-refractivity contribution in [3.8, 4) is 0 Å². The first-order chi connectivity index (χ1) is 49.1. The average molecular weight is 1480 g/mol. The van der Waals surface area contributed by atoms with E-state index in [1.165, 1.54) is 18.2 Å². The Balaban J connectivity index is 0.986. The van der Waals surface area contributed by atoms with Gasteiger partial charge in [0.25, 0.3) is 0 Å². The molecule has 0 amide bonds. The molecule has 36 atom stereocenters. The van der Waals surface area contributed by atoms with Crippen LogP contribution in [0.3, 0.4) is 0 Å². The molecule has 36 unspecified atom stereocenters. The van der Waals surface area contributed by atoms with Gasteiger partial charge in [0.2, 0.25) is 25.2 Å². The summed E-state index contributed by atoms with van der Waals surface area (Å²) in [4.78, 5) is 71.3. The van der Waals surface area contributed by atoms with Gasteiger partial charge in [-0.2, -0.15) is 0 Å². The average Bonchev–Trinajstić information content (AvgIpc) is 1.67. The smallest absolute Gasteiger partial charge is 0.338 e. The monoisotopic (exact) mass is 1470 g/mol. The number of aliphatic hydroxyl groups excluding tert-OH is 16. The van der Waals surface area contributed by atoms with Crippen LogP contribution in [0.4, 0.5) is 0 Å². The van der Waals surface area contributed by atoms with Gasteiger partial charge in [-0.1, -0.05) is 32.1 Å². The van der Waals surface area contributed by atoms with Crippen molar-refractivity contribution >= 4 is 30.2 Å². The zero-order valence-corrected chi connectivity index (χ0v) is 56.0. The van der Waals surface area contributed by atoms with Crippen LogP contribution in [0.1, 0.15) is 33.1 Å². The van der Waals surface area contributed by atoms with Crippen molar-refractivity contribution in [2.75, 3.05) is 40.6 Å². The summed E-state index contributed by atoms with van der Waals surface area (Å²) in [5.41, 5.74) is -1.13. The Labute approximate surface area is 587 Å². The molecule has 16 N–H and O–H groups in total. The predicted molar refractivity (Wildman–Crippen MR) is 330 cm³/mol. The van der Waals surface area contributed by atoms with Crippen LogP contribution in [0.5, 0.6) is 0 Å². The van der Waals surface area contributed by atoms with Gasteiger partial charge >= 0.3 is 23.9 Å². The van der Waals surface area contributed by atoms with Crippen molar-refractivity contribution in [2.45, 2.75) is 193 Å². The molecule has 10 aliphatic rings. The molecule has 37 heteroatoms. The van der Waals surface area contributed by atoms with E-state index in [1.807, 2.05) is 0 Å².